The Morgan fingerprint density at radius 3 is 2.72 bits per heavy atom. The topological polar surface area (TPSA) is 64.4 Å². The summed E-state index contributed by atoms with van der Waals surface area (Å²) < 4.78 is 5.38. The van der Waals surface area contributed by atoms with E-state index in [1.165, 1.54) is 0 Å². The largest absolute Gasteiger partial charge is 0.379 e. The van der Waals surface area contributed by atoms with Crippen molar-refractivity contribution in [2.24, 2.45) is 0 Å². The molecule has 1 heterocycles. The fourth-order valence-electron chi connectivity index (χ4n) is 2.14. The fourth-order valence-corrected chi connectivity index (χ4v) is 2.14. The standard InChI is InChI=1S/C13H18N2O3/c1-9-6-12(13(15(16)17)7-10(9)2)14-11-4-3-5-18-8-11/h6-7,11,14H,3-5,8H2,1-2H3. The van der Waals surface area contributed by atoms with Crippen LogP contribution in [0.25, 0.3) is 0 Å². The molecule has 5 heteroatoms. The molecule has 0 radical (unpaired) electrons. The van der Waals surface area contributed by atoms with Crippen LogP contribution in [0.1, 0.15) is 24.0 Å². The number of hydrogen-bond donors (Lipinski definition) is 1. The highest BCUT2D eigenvalue weighted by atomic mass is 16.6. The molecular weight excluding hydrogens is 232 g/mol. The van der Waals surface area contributed by atoms with Crippen LogP contribution >= 0.6 is 0 Å². The van der Waals surface area contributed by atoms with Crippen LogP contribution in [0.4, 0.5) is 11.4 Å². The van der Waals surface area contributed by atoms with Crippen LogP contribution in [0.5, 0.6) is 0 Å². The molecule has 0 spiro atoms. The summed E-state index contributed by atoms with van der Waals surface area (Å²) >= 11 is 0. The summed E-state index contributed by atoms with van der Waals surface area (Å²) in [4.78, 5) is 10.7. The zero-order chi connectivity index (χ0) is 13.1. The number of anilines is 1. The monoisotopic (exact) mass is 250 g/mol. The van der Waals surface area contributed by atoms with E-state index in [1.54, 1.807) is 6.07 Å². The van der Waals surface area contributed by atoms with E-state index in [0.717, 1.165) is 30.6 Å². The number of hydrogen-bond acceptors (Lipinski definition) is 4. The van der Waals surface area contributed by atoms with Gasteiger partial charge in [0.2, 0.25) is 0 Å². The summed E-state index contributed by atoms with van der Waals surface area (Å²) in [7, 11) is 0. The first-order valence-corrected chi connectivity index (χ1v) is 6.18. The highest BCUT2D eigenvalue weighted by Gasteiger charge is 2.20. The molecule has 1 aromatic carbocycles. The van der Waals surface area contributed by atoms with E-state index in [0.29, 0.717) is 12.3 Å². The number of benzene rings is 1. The molecule has 1 aromatic rings. The third-order valence-electron chi connectivity index (χ3n) is 3.33. The maximum Gasteiger partial charge on any atom is 0.292 e. The van der Waals surface area contributed by atoms with Crippen molar-refractivity contribution in [1.82, 2.24) is 0 Å². The minimum Gasteiger partial charge on any atom is -0.379 e. The molecule has 0 amide bonds. The number of nitro groups is 1. The highest BCUT2D eigenvalue weighted by Crippen LogP contribution is 2.29. The Morgan fingerprint density at radius 2 is 2.11 bits per heavy atom. The van der Waals surface area contributed by atoms with Gasteiger partial charge in [0.05, 0.1) is 11.5 Å². The molecule has 98 valence electrons. The van der Waals surface area contributed by atoms with Crippen molar-refractivity contribution in [3.63, 3.8) is 0 Å². The fraction of sp³-hybridized carbons (Fsp3) is 0.538. The van der Waals surface area contributed by atoms with E-state index in [9.17, 15) is 10.1 Å². The molecular formula is C13H18N2O3. The van der Waals surface area contributed by atoms with Crippen molar-refractivity contribution < 1.29 is 9.66 Å². The van der Waals surface area contributed by atoms with E-state index in [2.05, 4.69) is 5.32 Å². The summed E-state index contributed by atoms with van der Waals surface area (Å²) in [6.07, 6.45) is 1.99. The van der Waals surface area contributed by atoms with Crippen LogP contribution in [-0.4, -0.2) is 24.2 Å². The van der Waals surface area contributed by atoms with Gasteiger partial charge in [-0.3, -0.25) is 10.1 Å². The Hall–Kier alpha value is -1.62. The minimum atomic E-state index is -0.335. The second-order valence-corrected chi connectivity index (χ2v) is 4.77. The van der Waals surface area contributed by atoms with Gasteiger partial charge >= 0.3 is 0 Å². The lowest BCUT2D eigenvalue weighted by Crippen LogP contribution is -2.30. The average Bonchev–Trinajstić information content (AvgIpc) is 2.34. The first-order chi connectivity index (χ1) is 8.58. The molecule has 5 nitrogen and oxygen atoms in total. The first kappa shape index (κ1) is 12.8. The molecule has 1 saturated heterocycles. The molecule has 1 aliphatic heterocycles. The smallest absolute Gasteiger partial charge is 0.292 e. The number of aryl methyl sites for hydroxylation is 2. The maximum atomic E-state index is 11.1. The molecule has 2 rings (SSSR count). The second kappa shape index (κ2) is 5.35. The quantitative estimate of drug-likeness (QED) is 0.661. The predicted octanol–water partition coefficient (Wildman–Crippen LogP) is 2.80. The Balaban J connectivity index is 2.24. The van der Waals surface area contributed by atoms with Gasteiger partial charge in [-0.2, -0.15) is 0 Å². The molecule has 1 unspecified atom stereocenters. The molecule has 0 saturated carbocycles. The van der Waals surface area contributed by atoms with Crippen molar-refractivity contribution in [3.05, 3.63) is 33.4 Å². The normalized spacial score (nSPS) is 19.6. The number of ether oxygens (including phenoxy) is 1. The van der Waals surface area contributed by atoms with Crippen molar-refractivity contribution in [2.75, 3.05) is 18.5 Å². The van der Waals surface area contributed by atoms with Gasteiger partial charge in [0.1, 0.15) is 5.69 Å². The van der Waals surface area contributed by atoms with Gasteiger partial charge in [0, 0.05) is 18.7 Å². The van der Waals surface area contributed by atoms with Crippen molar-refractivity contribution in [2.45, 2.75) is 32.7 Å². The Kier molecular flexibility index (Phi) is 3.81. The predicted molar refractivity (Wildman–Crippen MR) is 70.0 cm³/mol. The zero-order valence-electron chi connectivity index (χ0n) is 10.7. The molecule has 1 fully saturated rings. The summed E-state index contributed by atoms with van der Waals surface area (Å²) in [5.41, 5.74) is 2.73. The lowest BCUT2D eigenvalue weighted by atomic mass is 10.1. The Bertz CT molecular complexity index is 454. The Morgan fingerprint density at radius 1 is 1.39 bits per heavy atom. The molecule has 0 aliphatic carbocycles. The molecule has 1 aliphatic rings. The van der Waals surface area contributed by atoms with Crippen LogP contribution in [0.15, 0.2) is 12.1 Å². The summed E-state index contributed by atoms with van der Waals surface area (Å²) in [5.74, 6) is 0. The summed E-state index contributed by atoms with van der Waals surface area (Å²) in [6.45, 7) is 5.24. The van der Waals surface area contributed by atoms with Crippen LogP contribution in [-0.2, 0) is 4.74 Å². The van der Waals surface area contributed by atoms with E-state index in [4.69, 9.17) is 4.74 Å². The molecule has 0 bridgehead atoms. The number of rotatable bonds is 3. The van der Waals surface area contributed by atoms with E-state index in [-0.39, 0.29) is 16.7 Å². The zero-order valence-corrected chi connectivity index (χ0v) is 10.7. The lowest BCUT2D eigenvalue weighted by molar-refractivity contribution is -0.384. The third kappa shape index (κ3) is 2.79. The van der Waals surface area contributed by atoms with E-state index >= 15 is 0 Å². The van der Waals surface area contributed by atoms with Crippen LogP contribution in [0, 0.1) is 24.0 Å². The molecule has 18 heavy (non-hydrogen) atoms. The van der Waals surface area contributed by atoms with Gasteiger partial charge in [0.15, 0.2) is 0 Å². The molecule has 1 N–H and O–H groups in total. The third-order valence-corrected chi connectivity index (χ3v) is 3.33. The van der Waals surface area contributed by atoms with Crippen molar-refractivity contribution in [1.29, 1.82) is 0 Å². The number of nitrogens with zero attached hydrogens (tertiary/aromatic N) is 1. The lowest BCUT2D eigenvalue weighted by Gasteiger charge is -2.24. The summed E-state index contributed by atoms with van der Waals surface area (Å²) in [5, 5.41) is 14.3. The van der Waals surface area contributed by atoms with Gasteiger partial charge in [-0.05, 0) is 43.9 Å². The van der Waals surface area contributed by atoms with Gasteiger partial charge < -0.3 is 10.1 Å². The molecule has 1 atom stereocenters. The van der Waals surface area contributed by atoms with Crippen molar-refractivity contribution >= 4 is 11.4 Å². The van der Waals surface area contributed by atoms with Crippen LogP contribution in [0.2, 0.25) is 0 Å². The SMILES string of the molecule is Cc1cc(NC2CCCOC2)c([N+](=O)[O-])cc1C. The molecule has 0 aromatic heterocycles. The minimum absolute atomic E-state index is 0.142. The van der Waals surface area contributed by atoms with Gasteiger partial charge in [0.25, 0.3) is 5.69 Å². The second-order valence-electron chi connectivity index (χ2n) is 4.77. The number of nitrogens with one attached hydrogen (secondary N) is 1. The van der Waals surface area contributed by atoms with E-state index in [1.807, 2.05) is 19.9 Å². The summed E-state index contributed by atoms with van der Waals surface area (Å²) in [6, 6.07) is 3.64. The van der Waals surface area contributed by atoms with Gasteiger partial charge in [-0.1, -0.05) is 0 Å². The van der Waals surface area contributed by atoms with E-state index < -0.39 is 0 Å². The number of nitro benzene ring substituents is 1. The van der Waals surface area contributed by atoms with Crippen LogP contribution < -0.4 is 5.32 Å². The Labute approximate surface area is 106 Å². The van der Waals surface area contributed by atoms with Crippen molar-refractivity contribution in [3.8, 4) is 0 Å². The first-order valence-electron chi connectivity index (χ1n) is 6.18. The maximum absolute atomic E-state index is 11.1. The highest BCUT2D eigenvalue weighted by molar-refractivity contribution is 5.64. The van der Waals surface area contributed by atoms with Gasteiger partial charge in [-0.15, -0.1) is 0 Å². The van der Waals surface area contributed by atoms with Crippen LogP contribution in [0.3, 0.4) is 0 Å². The van der Waals surface area contributed by atoms with Gasteiger partial charge in [-0.25, -0.2) is 0 Å². The average molecular weight is 250 g/mol.